The summed E-state index contributed by atoms with van der Waals surface area (Å²) in [5.41, 5.74) is 3.52. The molecule has 0 aliphatic carbocycles. The third kappa shape index (κ3) is 3.07. The zero-order valence-corrected chi connectivity index (χ0v) is 13.7. The number of benzene rings is 1. The number of halogens is 1. The van der Waals surface area contributed by atoms with E-state index in [0.29, 0.717) is 12.2 Å². The Morgan fingerprint density at radius 3 is 2.84 bits per heavy atom. The van der Waals surface area contributed by atoms with Crippen LogP contribution in [0.25, 0.3) is 11.1 Å². The second-order valence-electron chi connectivity index (χ2n) is 6.38. The van der Waals surface area contributed by atoms with Crippen molar-refractivity contribution in [2.24, 2.45) is 0 Å². The van der Waals surface area contributed by atoms with Crippen molar-refractivity contribution in [2.75, 3.05) is 13.1 Å². The lowest BCUT2D eigenvalue weighted by atomic mass is 9.90. The molecule has 0 spiro atoms. The fraction of sp³-hybridized carbons (Fsp3) is 0.263. The minimum atomic E-state index is -0.255. The van der Waals surface area contributed by atoms with E-state index in [1.165, 1.54) is 12.1 Å². The van der Waals surface area contributed by atoms with Crippen molar-refractivity contribution >= 4 is 5.91 Å². The number of hydrogen-bond donors (Lipinski definition) is 2. The molecule has 0 saturated carbocycles. The monoisotopic (exact) mass is 338 g/mol. The number of rotatable bonds is 3. The molecule has 3 heterocycles. The van der Waals surface area contributed by atoms with Gasteiger partial charge in [0.15, 0.2) is 0 Å². The van der Waals surface area contributed by atoms with Gasteiger partial charge in [-0.1, -0.05) is 12.1 Å². The predicted molar refractivity (Wildman–Crippen MR) is 92.7 cm³/mol. The Kier molecular flexibility index (Phi) is 4.09. The summed E-state index contributed by atoms with van der Waals surface area (Å²) in [5, 5.41) is 7.28. The van der Waals surface area contributed by atoms with Crippen molar-refractivity contribution < 1.29 is 9.18 Å². The normalized spacial score (nSPS) is 17.6. The van der Waals surface area contributed by atoms with Crippen molar-refractivity contribution in [1.82, 2.24) is 20.1 Å². The highest BCUT2D eigenvalue weighted by molar-refractivity contribution is 5.92. The maximum atomic E-state index is 13.2. The quantitative estimate of drug-likeness (QED) is 0.767. The molecule has 128 valence electrons. The SMILES string of the molecule is O=C(c1ccc[nH]1)N1CCCC(c2[nH]ncc2-c2ccc(F)cc2)C1. The molecule has 3 aromatic rings. The summed E-state index contributed by atoms with van der Waals surface area (Å²) in [4.78, 5) is 17.5. The van der Waals surface area contributed by atoms with Crippen LogP contribution in [0.2, 0.25) is 0 Å². The van der Waals surface area contributed by atoms with Gasteiger partial charge in [-0.05, 0) is 42.7 Å². The van der Waals surface area contributed by atoms with Gasteiger partial charge in [0.1, 0.15) is 11.5 Å². The van der Waals surface area contributed by atoms with Crippen LogP contribution in [-0.2, 0) is 0 Å². The summed E-state index contributed by atoms with van der Waals surface area (Å²) >= 11 is 0. The van der Waals surface area contributed by atoms with Gasteiger partial charge < -0.3 is 9.88 Å². The Bertz CT molecular complexity index is 854. The maximum Gasteiger partial charge on any atom is 0.270 e. The molecule has 1 aliphatic heterocycles. The lowest BCUT2D eigenvalue weighted by Crippen LogP contribution is -2.39. The number of nitrogens with zero attached hydrogens (tertiary/aromatic N) is 2. The number of amides is 1. The molecule has 1 amide bonds. The van der Waals surface area contributed by atoms with Crippen LogP contribution < -0.4 is 0 Å². The molecule has 6 heteroatoms. The first-order valence-corrected chi connectivity index (χ1v) is 8.44. The van der Waals surface area contributed by atoms with E-state index < -0.39 is 0 Å². The Labute approximate surface area is 144 Å². The van der Waals surface area contributed by atoms with E-state index in [2.05, 4.69) is 15.2 Å². The van der Waals surface area contributed by atoms with Gasteiger partial charge in [0.2, 0.25) is 0 Å². The Hall–Kier alpha value is -2.89. The van der Waals surface area contributed by atoms with Crippen LogP contribution in [0.15, 0.2) is 48.8 Å². The van der Waals surface area contributed by atoms with Crippen LogP contribution in [0.1, 0.15) is 34.9 Å². The molecular formula is C19H19FN4O. The van der Waals surface area contributed by atoms with Crippen LogP contribution in [0.4, 0.5) is 4.39 Å². The average molecular weight is 338 g/mol. The average Bonchev–Trinajstić information content (AvgIpc) is 3.34. The fourth-order valence-electron chi connectivity index (χ4n) is 3.50. The molecule has 25 heavy (non-hydrogen) atoms. The van der Waals surface area contributed by atoms with Gasteiger partial charge in [0.05, 0.1) is 6.20 Å². The predicted octanol–water partition coefficient (Wildman–Crippen LogP) is 3.56. The highest BCUT2D eigenvalue weighted by atomic mass is 19.1. The van der Waals surface area contributed by atoms with Crippen molar-refractivity contribution in [3.8, 4) is 11.1 Å². The Morgan fingerprint density at radius 1 is 1.24 bits per heavy atom. The molecule has 1 aromatic carbocycles. The Morgan fingerprint density at radius 2 is 2.08 bits per heavy atom. The van der Waals surface area contributed by atoms with Gasteiger partial charge in [0, 0.05) is 36.5 Å². The molecule has 1 aliphatic rings. The van der Waals surface area contributed by atoms with Gasteiger partial charge in [-0.15, -0.1) is 0 Å². The number of H-pyrrole nitrogens is 2. The highest BCUT2D eigenvalue weighted by Gasteiger charge is 2.28. The number of carbonyl (C=O) groups is 1. The van der Waals surface area contributed by atoms with E-state index in [-0.39, 0.29) is 17.6 Å². The number of aromatic amines is 2. The number of hydrogen-bond acceptors (Lipinski definition) is 2. The molecule has 0 radical (unpaired) electrons. The molecule has 5 nitrogen and oxygen atoms in total. The van der Waals surface area contributed by atoms with Crippen LogP contribution in [-0.4, -0.2) is 39.1 Å². The lowest BCUT2D eigenvalue weighted by Gasteiger charge is -2.32. The van der Waals surface area contributed by atoms with Crippen molar-refractivity contribution in [3.05, 3.63) is 66.0 Å². The van der Waals surface area contributed by atoms with Gasteiger partial charge in [-0.2, -0.15) is 5.10 Å². The van der Waals surface area contributed by atoms with Crippen molar-refractivity contribution in [3.63, 3.8) is 0 Å². The topological polar surface area (TPSA) is 64.8 Å². The molecular weight excluding hydrogens is 319 g/mol. The van der Waals surface area contributed by atoms with E-state index in [1.807, 2.05) is 11.0 Å². The summed E-state index contributed by atoms with van der Waals surface area (Å²) in [6, 6.07) is 10.0. The molecule has 1 unspecified atom stereocenters. The first-order valence-electron chi connectivity index (χ1n) is 8.44. The van der Waals surface area contributed by atoms with E-state index in [0.717, 1.165) is 36.2 Å². The van der Waals surface area contributed by atoms with Crippen LogP contribution in [0.5, 0.6) is 0 Å². The minimum absolute atomic E-state index is 0.0255. The summed E-state index contributed by atoms with van der Waals surface area (Å²) in [6.07, 6.45) is 5.47. The van der Waals surface area contributed by atoms with Gasteiger partial charge in [-0.3, -0.25) is 9.89 Å². The highest BCUT2D eigenvalue weighted by Crippen LogP contribution is 2.33. The molecule has 1 atom stereocenters. The van der Waals surface area contributed by atoms with Gasteiger partial charge in [0.25, 0.3) is 5.91 Å². The van der Waals surface area contributed by atoms with Crippen LogP contribution >= 0.6 is 0 Å². The first-order chi connectivity index (χ1) is 12.2. The van der Waals surface area contributed by atoms with E-state index in [1.54, 1.807) is 30.6 Å². The van der Waals surface area contributed by atoms with Gasteiger partial charge in [-0.25, -0.2) is 4.39 Å². The van der Waals surface area contributed by atoms with Crippen molar-refractivity contribution in [2.45, 2.75) is 18.8 Å². The number of carbonyl (C=O) groups excluding carboxylic acids is 1. The number of aromatic nitrogens is 3. The standard InChI is InChI=1S/C19H19FN4O/c20-15-7-5-13(6-8-15)16-11-22-23-18(16)14-3-2-10-24(12-14)19(25)17-4-1-9-21-17/h1,4-9,11,14,21H,2-3,10,12H2,(H,22,23). The minimum Gasteiger partial charge on any atom is -0.357 e. The molecule has 0 bridgehead atoms. The summed E-state index contributed by atoms with van der Waals surface area (Å²) in [5.74, 6) is -0.0399. The number of piperidine rings is 1. The zero-order valence-electron chi connectivity index (χ0n) is 13.7. The van der Waals surface area contributed by atoms with Gasteiger partial charge >= 0.3 is 0 Å². The van der Waals surface area contributed by atoms with E-state index >= 15 is 0 Å². The number of nitrogens with one attached hydrogen (secondary N) is 2. The zero-order chi connectivity index (χ0) is 17.2. The molecule has 2 N–H and O–H groups in total. The van der Waals surface area contributed by atoms with Crippen LogP contribution in [0.3, 0.4) is 0 Å². The second kappa shape index (κ2) is 6.55. The second-order valence-corrected chi connectivity index (χ2v) is 6.38. The molecule has 1 saturated heterocycles. The Balaban J connectivity index is 1.57. The smallest absolute Gasteiger partial charge is 0.270 e. The van der Waals surface area contributed by atoms with E-state index in [4.69, 9.17) is 0 Å². The van der Waals surface area contributed by atoms with Crippen molar-refractivity contribution in [1.29, 1.82) is 0 Å². The summed E-state index contributed by atoms with van der Waals surface area (Å²) in [6.45, 7) is 1.41. The first kappa shape index (κ1) is 15.6. The third-order valence-corrected chi connectivity index (χ3v) is 4.77. The number of likely N-dealkylation sites (tertiary alicyclic amines) is 1. The van der Waals surface area contributed by atoms with Crippen LogP contribution in [0, 0.1) is 5.82 Å². The summed E-state index contributed by atoms with van der Waals surface area (Å²) < 4.78 is 13.2. The molecule has 1 fully saturated rings. The molecule has 4 rings (SSSR count). The maximum absolute atomic E-state index is 13.2. The fourth-order valence-corrected chi connectivity index (χ4v) is 3.50. The van der Waals surface area contributed by atoms with E-state index in [9.17, 15) is 9.18 Å². The largest absolute Gasteiger partial charge is 0.357 e. The lowest BCUT2D eigenvalue weighted by molar-refractivity contribution is 0.0700. The molecule has 2 aromatic heterocycles. The third-order valence-electron chi connectivity index (χ3n) is 4.77. The summed E-state index contributed by atoms with van der Waals surface area (Å²) in [7, 11) is 0.